The maximum Gasteiger partial charge on any atom is 0.180 e. The summed E-state index contributed by atoms with van der Waals surface area (Å²) in [5, 5.41) is 16.1. The number of pyridine rings is 2. The largest absolute Gasteiger partial charge is 0.600 e. The van der Waals surface area contributed by atoms with Crippen molar-refractivity contribution in [2.24, 2.45) is 5.11 Å². The molecule has 0 N–H and O–H groups in total. The number of allylic oxidation sites excluding steroid dienone is 4. The lowest BCUT2D eigenvalue weighted by molar-refractivity contribution is -0.531. The van der Waals surface area contributed by atoms with Gasteiger partial charge in [-0.2, -0.15) is 0 Å². The average molecular weight is 589 g/mol. The SMILES string of the molecule is [O-][N+](CCCCCCCCCC/C=C/CCc1cccnc1)=NCCCCCCCC/C=C/CCCCc1cccnc1. The molecule has 0 spiro atoms. The molecule has 0 saturated heterocycles. The number of hydrogen-bond acceptors (Lipinski definition) is 4. The summed E-state index contributed by atoms with van der Waals surface area (Å²) in [7, 11) is 0. The van der Waals surface area contributed by atoms with Crippen LogP contribution in [0, 0.1) is 5.21 Å². The van der Waals surface area contributed by atoms with Crippen molar-refractivity contribution in [3.63, 3.8) is 0 Å². The molecule has 0 saturated carbocycles. The van der Waals surface area contributed by atoms with Crippen LogP contribution in [0.25, 0.3) is 0 Å². The van der Waals surface area contributed by atoms with E-state index in [1.54, 1.807) is 0 Å². The molecule has 0 amide bonds. The normalized spacial score (nSPS) is 12.1. The molecule has 0 unspecified atom stereocenters. The lowest BCUT2D eigenvalue weighted by Gasteiger charge is -2.03. The maximum atomic E-state index is 11.9. The molecule has 43 heavy (non-hydrogen) atoms. The van der Waals surface area contributed by atoms with Gasteiger partial charge in [-0.1, -0.05) is 99.1 Å². The number of azo groups is 1. The highest BCUT2D eigenvalue weighted by Gasteiger charge is 1.99. The molecular weight excluding hydrogens is 528 g/mol. The zero-order valence-corrected chi connectivity index (χ0v) is 27.1. The van der Waals surface area contributed by atoms with Crippen LogP contribution in [0.5, 0.6) is 0 Å². The molecule has 2 aromatic rings. The number of unbranched alkanes of at least 4 members (excludes halogenated alkanes) is 16. The lowest BCUT2D eigenvalue weighted by atomic mass is 10.1. The van der Waals surface area contributed by atoms with Gasteiger partial charge in [-0.05, 0) is 105 Å². The Morgan fingerprint density at radius 1 is 0.535 bits per heavy atom. The molecule has 0 aromatic carbocycles. The van der Waals surface area contributed by atoms with E-state index in [4.69, 9.17) is 0 Å². The number of hydrogen-bond donors (Lipinski definition) is 0. The minimum Gasteiger partial charge on any atom is -0.600 e. The fourth-order valence-electron chi connectivity index (χ4n) is 5.31. The van der Waals surface area contributed by atoms with Crippen LogP contribution in [0.1, 0.15) is 140 Å². The third-order valence-corrected chi connectivity index (χ3v) is 7.97. The first-order chi connectivity index (χ1) is 21.3. The van der Waals surface area contributed by atoms with E-state index in [9.17, 15) is 5.21 Å². The zero-order chi connectivity index (χ0) is 30.3. The van der Waals surface area contributed by atoms with E-state index in [0.717, 1.165) is 43.4 Å². The van der Waals surface area contributed by atoms with Gasteiger partial charge in [0.2, 0.25) is 0 Å². The van der Waals surface area contributed by atoms with Crippen molar-refractivity contribution in [3.05, 3.63) is 89.7 Å². The predicted molar refractivity (Wildman–Crippen MR) is 182 cm³/mol. The zero-order valence-electron chi connectivity index (χ0n) is 27.1. The fraction of sp³-hybridized carbons (Fsp3) is 0.632. The summed E-state index contributed by atoms with van der Waals surface area (Å²) in [6.07, 6.45) is 43.7. The highest BCUT2D eigenvalue weighted by atomic mass is 16.5. The number of hydroxylamine groups is 1. The van der Waals surface area contributed by atoms with Gasteiger partial charge >= 0.3 is 0 Å². The Morgan fingerprint density at radius 2 is 1.00 bits per heavy atom. The molecule has 238 valence electrons. The minimum absolute atomic E-state index is 0.561. The topological polar surface area (TPSA) is 64.2 Å². The monoisotopic (exact) mass is 588 g/mol. The molecule has 0 aliphatic rings. The lowest BCUT2D eigenvalue weighted by Crippen LogP contribution is -2.04. The highest BCUT2D eigenvalue weighted by Crippen LogP contribution is 2.12. The van der Waals surface area contributed by atoms with E-state index in [1.807, 2.05) is 36.9 Å². The molecule has 0 atom stereocenters. The third kappa shape index (κ3) is 23.3. The van der Waals surface area contributed by atoms with Crippen molar-refractivity contribution in [1.29, 1.82) is 0 Å². The Labute approximate surface area is 263 Å². The fourth-order valence-corrected chi connectivity index (χ4v) is 5.31. The first-order valence-electron chi connectivity index (χ1n) is 17.5. The van der Waals surface area contributed by atoms with Gasteiger partial charge in [0.25, 0.3) is 0 Å². The van der Waals surface area contributed by atoms with E-state index in [-0.39, 0.29) is 0 Å². The van der Waals surface area contributed by atoms with Crippen LogP contribution in [0.2, 0.25) is 0 Å². The number of nitrogens with zero attached hydrogens (tertiary/aromatic N) is 4. The summed E-state index contributed by atoms with van der Waals surface area (Å²) in [4.78, 5) is 9.28. The summed E-state index contributed by atoms with van der Waals surface area (Å²) < 4.78 is 0. The van der Waals surface area contributed by atoms with Gasteiger partial charge in [0, 0.05) is 31.2 Å². The van der Waals surface area contributed by atoms with Gasteiger partial charge in [-0.25, -0.2) is 0 Å². The van der Waals surface area contributed by atoms with Crippen LogP contribution in [0.15, 0.2) is 78.5 Å². The molecular formula is C38H60N4O. The van der Waals surface area contributed by atoms with Crippen molar-refractivity contribution < 1.29 is 4.86 Å². The molecule has 2 aromatic heterocycles. The predicted octanol–water partition coefficient (Wildman–Crippen LogP) is 11.1. The molecule has 2 rings (SSSR count). The molecule has 2 heterocycles. The first kappa shape index (κ1) is 36.4. The molecule has 0 aliphatic carbocycles. The smallest absolute Gasteiger partial charge is 0.180 e. The number of rotatable bonds is 28. The molecule has 0 radical (unpaired) electrons. The van der Waals surface area contributed by atoms with Gasteiger partial charge < -0.3 is 5.21 Å². The summed E-state index contributed by atoms with van der Waals surface area (Å²) in [5.41, 5.74) is 2.66. The van der Waals surface area contributed by atoms with Crippen molar-refractivity contribution in [1.82, 2.24) is 9.97 Å². The second kappa shape index (κ2) is 28.0. The Kier molecular flexibility index (Phi) is 23.7. The first-order valence-corrected chi connectivity index (χ1v) is 17.5. The quantitative estimate of drug-likeness (QED) is 0.0326. The summed E-state index contributed by atoms with van der Waals surface area (Å²) in [6.45, 7) is 1.25. The van der Waals surface area contributed by atoms with Gasteiger partial charge in [0.1, 0.15) is 6.54 Å². The number of aromatic nitrogens is 2. The molecule has 0 aliphatic heterocycles. The van der Waals surface area contributed by atoms with E-state index >= 15 is 0 Å². The van der Waals surface area contributed by atoms with Gasteiger partial charge in [0.15, 0.2) is 6.54 Å². The van der Waals surface area contributed by atoms with Crippen LogP contribution in [-0.4, -0.2) is 27.9 Å². The molecule has 0 fully saturated rings. The Hall–Kier alpha value is -2.82. The van der Waals surface area contributed by atoms with Gasteiger partial charge in [-0.3, -0.25) is 9.97 Å². The highest BCUT2D eigenvalue weighted by molar-refractivity contribution is 5.09. The van der Waals surface area contributed by atoms with Crippen LogP contribution in [-0.2, 0) is 12.8 Å². The maximum absolute atomic E-state index is 11.9. The standard InChI is InChI=1S/C38H60N4O/c43-42(34-24-20-16-12-8-4-2-6-10-14-18-22-28-38-30-26-32-40-36-38)41-33-23-19-15-11-7-3-1-5-9-13-17-21-27-37-29-25-31-39-35-37/h5,9,14,18,25-26,29-32,35-36H,1-4,6-8,10-13,15-17,19-24,27-28,33-34H2/b9-5+,18-14+,42-41?. The van der Waals surface area contributed by atoms with Gasteiger partial charge in [0.05, 0.1) is 0 Å². The van der Waals surface area contributed by atoms with Crippen LogP contribution < -0.4 is 0 Å². The summed E-state index contributed by atoms with van der Waals surface area (Å²) in [6, 6.07) is 8.33. The van der Waals surface area contributed by atoms with Gasteiger partial charge in [-0.15, -0.1) is 0 Å². The summed E-state index contributed by atoms with van der Waals surface area (Å²) >= 11 is 0. The second-order valence-corrected chi connectivity index (χ2v) is 11.9. The van der Waals surface area contributed by atoms with E-state index in [0.29, 0.717) is 13.1 Å². The van der Waals surface area contributed by atoms with E-state index in [1.165, 1.54) is 114 Å². The van der Waals surface area contributed by atoms with Crippen LogP contribution in [0.3, 0.4) is 0 Å². The van der Waals surface area contributed by atoms with Crippen LogP contribution in [0.4, 0.5) is 0 Å². The van der Waals surface area contributed by atoms with Crippen molar-refractivity contribution in [3.8, 4) is 0 Å². The minimum atomic E-state index is 0.561. The van der Waals surface area contributed by atoms with Crippen molar-refractivity contribution in [2.45, 2.75) is 141 Å². The Morgan fingerprint density at radius 3 is 1.56 bits per heavy atom. The third-order valence-electron chi connectivity index (χ3n) is 7.97. The Balaban J connectivity index is 1.24. The van der Waals surface area contributed by atoms with E-state index in [2.05, 4.69) is 51.5 Å². The molecule has 5 heteroatoms. The number of aryl methyl sites for hydroxylation is 2. The van der Waals surface area contributed by atoms with Crippen LogP contribution >= 0.6 is 0 Å². The van der Waals surface area contributed by atoms with Crippen molar-refractivity contribution >= 4 is 0 Å². The molecule has 5 nitrogen and oxygen atoms in total. The molecule has 0 bridgehead atoms. The Bertz CT molecular complexity index is 958. The summed E-state index contributed by atoms with van der Waals surface area (Å²) in [5.74, 6) is 0. The van der Waals surface area contributed by atoms with Crippen molar-refractivity contribution in [2.75, 3.05) is 13.1 Å². The van der Waals surface area contributed by atoms with E-state index < -0.39 is 0 Å². The second-order valence-electron chi connectivity index (χ2n) is 11.9. The average Bonchev–Trinajstić information content (AvgIpc) is 3.04.